The number of methoxy groups -OCH3 is 3. The highest BCUT2D eigenvalue weighted by Gasteiger charge is 2.38. The highest BCUT2D eigenvalue weighted by atomic mass is 31.2. The van der Waals surface area contributed by atoms with Gasteiger partial charge in [-0.3, -0.25) is 14.7 Å². The number of rotatable bonds is 12. The predicted octanol–water partition coefficient (Wildman–Crippen LogP) is 5.00. The van der Waals surface area contributed by atoms with Crippen LogP contribution in [0.15, 0.2) is 36.4 Å². The maximum Gasteiger partial charge on any atom is 0.357 e. The number of hydrogen-bond donors (Lipinski definition) is 1. The van der Waals surface area contributed by atoms with E-state index >= 15 is 0 Å². The molecule has 1 unspecified atom stereocenters. The molecule has 0 aliphatic rings. The van der Waals surface area contributed by atoms with Crippen LogP contribution in [0, 0.1) is 10.1 Å². The number of ether oxygens (including phenoxy) is 3. The van der Waals surface area contributed by atoms with Gasteiger partial charge in [-0.1, -0.05) is 6.07 Å². The molecule has 0 aliphatic heterocycles. The molecule has 0 saturated carbocycles. The molecule has 1 atom stereocenters. The lowest BCUT2D eigenvalue weighted by atomic mass is 10.1. The Morgan fingerprint density at radius 1 is 1.00 bits per heavy atom. The molecule has 2 aromatic rings. The van der Waals surface area contributed by atoms with Gasteiger partial charge in [-0.2, -0.15) is 0 Å². The van der Waals surface area contributed by atoms with E-state index < -0.39 is 18.3 Å². The number of benzene rings is 2. The van der Waals surface area contributed by atoms with Crippen LogP contribution >= 0.6 is 7.60 Å². The number of nitro groups is 1. The smallest absolute Gasteiger partial charge is 0.357 e. The zero-order chi connectivity index (χ0) is 23.0. The van der Waals surface area contributed by atoms with Crippen molar-refractivity contribution in [3.8, 4) is 17.2 Å². The molecule has 31 heavy (non-hydrogen) atoms. The Morgan fingerprint density at radius 2 is 1.58 bits per heavy atom. The summed E-state index contributed by atoms with van der Waals surface area (Å²) in [4.78, 5) is 10.7. The summed E-state index contributed by atoms with van der Waals surface area (Å²) in [7, 11) is 0.638. The molecule has 0 amide bonds. The second-order valence-electron chi connectivity index (χ2n) is 6.19. The van der Waals surface area contributed by atoms with Crippen molar-refractivity contribution in [3.63, 3.8) is 0 Å². The Kier molecular flexibility index (Phi) is 8.67. The van der Waals surface area contributed by atoms with Crippen LogP contribution in [0.25, 0.3) is 0 Å². The molecule has 0 saturated heterocycles. The maximum absolute atomic E-state index is 13.7. The van der Waals surface area contributed by atoms with E-state index in [-0.39, 0.29) is 18.9 Å². The van der Waals surface area contributed by atoms with Crippen LogP contribution in [0.5, 0.6) is 17.2 Å². The summed E-state index contributed by atoms with van der Waals surface area (Å²) in [6.45, 7) is 3.67. The van der Waals surface area contributed by atoms with Gasteiger partial charge < -0.3 is 28.6 Å². The van der Waals surface area contributed by atoms with E-state index in [1.54, 1.807) is 32.0 Å². The van der Waals surface area contributed by atoms with Crippen molar-refractivity contribution in [1.29, 1.82) is 0 Å². The quantitative estimate of drug-likeness (QED) is 0.268. The van der Waals surface area contributed by atoms with Gasteiger partial charge in [-0.15, -0.1) is 0 Å². The van der Waals surface area contributed by atoms with Crippen molar-refractivity contribution in [3.05, 3.63) is 52.1 Å². The van der Waals surface area contributed by atoms with Crippen molar-refractivity contribution in [2.45, 2.75) is 19.6 Å². The Labute approximate surface area is 181 Å². The fourth-order valence-electron chi connectivity index (χ4n) is 3.02. The van der Waals surface area contributed by atoms with Crippen LogP contribution in [0.1, 0.15) is 25.2 Å². The lowest BCUT2D eigenvalue weighted by Gasteiger charge is -2.29. The molecule has 0 radical (unpaired) electrons. The predicted molar refractivity (Wildman–Crippen MR) is 116 cm³/mol. The Bertz CT molecular complexity index is 918. The Hall–Kier alpha value is -2.81. The summed E-state index contributed by atoms with van der Waals surface area (Å²) in [5.74, 6) is 0.0538. The molecular weight excluding hydrogens is 427 g/mol. The van der Waals surface area contributed by atoms with Crippen molar-refractivity contribution >= 4 is 19.0 Å². The monoisotopic (exact) mass is 454 g/mol. The average molecular weight is 454 g/mol. The minimum Gasteiger partial charge on any atom is -0.493 e. The van der Waals surface area contributed by atoms with Gasteiger partial charge in [0.2, 0.25) is 5.75 Å². The topological polar surface area (TPSA) is 118 Å². The molecule has 2 aromatic carbocycles. The van der Waals surface area contributed by atoms with Crippen molar-refractivity contribution in [2.24, 2.45) is 0 Å². The second-order valence-corrected chi connectivity index (χ2v) is 8.30. The Morgan fingerprint density at radius 3 is 2.03 bits per heavy atom. The van der Waals surface area contributed by atoms with Gasteiger partial charge in [0.1, 0.15) is 0 Å². The number of nitrogens with one attached hydrogen (secondary N) is 1. The highest BCUT2D eigenvalue weighted by molar-refractivity contribution is 7.54. The molecule has 10 nitrogen and oxygen atoms in total. The van der Waals surface area contributed by atoms with Crippen LogP contribution in [0.3, 0.4) is 0 Å². The zero-order valence-electron chi connectivity index (χ0n) is 18.1. The molecule has 0 aromatic heterocycles. The molecule has 1 N–H and O–H groups in total. The Balaban J connectivity index is 2.66. The third kappa shape index (κ3) is 5.66. The lowest BCUT2D eigenvalue weighted by molar-refractivity contribution is -0.384. The van der Waals surface area contributed by atoms with Gasteiger partial charge >= 0.3 is 7.60 Å². The molecule has 0 fully saturated rings. The first kappa shape index (κ1) is 24.5. The van der Waals surface area contributed by atoms with Crippen LogP contribution in [0.2, 0.25) is 0 Å². The molecule has 2 rings (SSSR count). The molecule has 170 valence electrons. The van der Waals surface area contributed by atoms with E-state index in [9.17, 15) is 14.7 Å². The first-order valence-corrected chi connectivity index (χ1v) is 11.1. The molecule has 0 bridgehead atoms. The summed E-state index contributed by atoms with van der Waals surface area (Å²) in [6, 6.07) is 9.11. The van der Waals surface area contributed by atoms with Gasteiger partial charge in [0.05, 0.1) is 39.5 Å². The number of nitrogens with zero attached hydrogens (tertiary/aromatic N) is 1. The van der Waals surface area contributed by atoms with E-state index in [1.165, 1.54) is 39.5 Å². The average Bonchev–Trinajstić information content (AvgIpc) is 2.76. The number of anilines is 1. The minimum absolute atomic E-state index is 0.115. The maximum atomic E-state index is 13.7. The fraction of sp³-hybridized carbons (Fsp3) is 0.400. The molecule has 0 heterocycles. The van der Waals surface area contributed by atoms with Gasteiger partial charge in [-0.25, -0.2) is 0 Å². The normalized spacial score (nSPS) is 12.2. The summed E-state index contributed by atoms with van der Waals surface area (Å²) < 4.78 is 41.0. The van der Waals surface area contributed by atoms with Crippen LogP contribution in [0.4, 0.5) is 11.4 Å². The fourth-order valence-corrected chi connectivity index (χ4v) is 4.93. The first-order chi connectivity index (χ1) is 14.8. The van der Waals surface area contributed by atoms with E-state index in [0.29, 0.717) is 28.5 Å². The third-order valence-electron chi connectivity index (χ3n) is 4.30. The zero-order valence-corrected chi connectivity index (χ0v) is 19.0. The van der Waals surface area contributed by atoms with Crippen LogP contribution in [-0.2, 0) is 13.6 Å². The first-order valence-electron chi connectivity index (χ1n) is 9.53. The van der Waals surface area contributed by atoms with Gasteiger partial charge in [0.25, 0.3) is 5.69 Å². The van der Waals surface area contributed by atoms with Crippen molar-refractivity contribution in [2.75, 3.05) is 39.9 Å². The van der Waals surface area contributed by atoms with Gasteiger partial charge in [0.15, 0.2) is 17.3 Å². The van der Waals surface area contributed by atoms with Gasteiger partial charge in [0, 0.05) is 17.8 Å². The van der Waals surface area contributed by atoms with E-state index in [2.05, 4.69) is 5.32 Å². The number of hydrogen-bond acceptors (Lipinski definition) is 9. The number of nitro benzene ring substituents is 1. The lowest BCUT2D eigenvalue weighted by Crippen LogP contribution is -2.16. The molecular formula is C20H27N2O8P. The summed E-state index contributed by atoms with van der Waals surface area (Å²) in [6.07, 6.45) is 0. The summed E-state index contributed by atoms with van der Waals surface area (Å²) in [5.41, 5.74) is 0.718. The van der Waals surface area contributed by atoms with Gasteiger partial charge in [-0.05, 0) is 37.6 Å². The standard InChI is InChI=1S/C20H27N2O8P/c1-6-29-31(25,30-7-2)20(21-15-9-8-10-16(13-15)22(23)24)14-11-17(26-3)19(28-5)18(12-14)27-4/h8-13,20-21H,6-7H2,1-5H3. The van der Waals surface area contributed by atoms with E-state index in [1.807, 2.05) is 0 Å². The SMILES string of the molecule is CCOP(=O)(OCC)C(Nc1cccc([N+](=O)[O-])c1)c1cc(OC)c(OC)c(OC)c1. The van der Waals surface area contributed by atoms with E-state index in [0.717, 1.165) is 0 Å². The van der Waals surface area contributed by atoms with Crippen molar-refractivity contribution < 1.29 is 32.7 Å². The molecule has 0 spiro atoms. The second kappa shape index (κ2) is 11.0. The number of non-ortho nitro benzene ring substituents is 1. The van der Waals surface area contributed by atoms with Crippen LogP contribution < -0.4 is 19.5 Å². The summed E-state index contributed by atoms with van der Waals surface area (Å²) in [5, 5.41) is 14.2. The highest BCUT2D eigenvalue weighted by Crippen LogP contribution is 2.62. The van der Waals surface area contributed by atoms with Crippen LogP contribution in [-0.4, -0.2) is 39.5 Å². The van der Waals surface area contributed by atoms with E-state index in [4.69, 9.17) is 23.3 Å². The summed E-state index contributed by atoms with van der Waals surface area (Å²) >= 11 is 0. The largest absolute Gasteiger partial charge is 0.493 e. The third-order valence-corrected chi connectivity index (χ3v) is 6.59. The minimum atomic E-state index is -3.77. The molecule has 0 aliphatic carbocycles. The molecule has 11 heteroatoms. The van der Waals surface area contributed by atoms with Crippen molar-refractivity contribution in [1.82, 2.24) is 0 Å².